The number of aryl methyl sites for hydroxylation is 1. The summed E-state index contributed by atoms with van der Waals surface area (Å²) in [5.41, 5.74) is 5.25. The third kappa shape index (κ3) is 3.85. The Bertz CT molecular complexity index is 884. The molecule has 0 saturated carbocycles. The standard InChI is InChI=1S/C17H18N4O2.C2H6/c1-9-15(12-4-6-18-14(8-12)20-11(3)23)21-17-13(10(2)22)5-7-19-16(9)17;1-2/h4-8,10,21-22H,1-3H3,(H,18,20,23);1-2H3. The van der Waals surface area contributed by atoms with Crippen LogP contribution in [-0.4, -0.2) is 26.0 Å². The van der Waals surface area contributed by atoms with Gasteiger partial charge in [0.25, 0.3) is 0 Å². The van der Waals surface area contributed by atoms with Gasteiger partial charge in [-0.2, -0.15) is 0 Å². The van der Waals surface area contributed by atoms with Crippen molar-refractivity contribution in [2.45, 2.75) is 40.7 Å². The Balaban J connectivity index is 0.00000109. The molecule has 3 aromatic rings. The van der Waals surface area contributed by atoms with Gasteiger partial charge in [0.05, 0.1) is 22.8 Å². The van der Waals surface area contributed by atoms with Crippen molar-refractivity contribution >= 4 is 22.8 Å². The summed E-state index contributed by atoms with van der Waals surface area (Å²) in [6, 6.07) is 5.48. The summed E-state index contributed by atoms with van der Waals surface area (Å²) in [6.07, 6.45) is 2.76. The lowest BCUT2D eigenvalue weighted by Gasteiger charge is -2.05. The van der Waals surface area contributed by atoms with Crippen LogP contribution in [0.5, 0.6) is 0 Å². The number of anilines is 1. The molecule has 0 radical (unpaired) electrons. The molecule has 1 amide bonds. The number of fused-ring (bicyclic) bond motifs is 1. The van der Waals surface area contributed by atoms with Crippen LogP contribution in [0.2, 0.25) is 0 Å². The minimum Gasteiger partial charge on any atom is -0.389 e. The van der Waals surface area contributed by atoms with Crippen molar-refractivity contribution < 1.29 is 9.90 Å². The van der Waals surface area contributed by atoms with E-state index in [-0.39, 0.29) is 5.91 Å². The van der Waals surface area contributed by atoms with Crippen LogP contribution in [0.25, 0.3) is 22.3 Å². The molecule has 3 rings (SSSR count). The number of pyridine rings is 2. The summed E-state index contributed by atoms with van der Waals surface area (Å²) in [5.74, 6) is 0.331. The molecule has 3 N–H and O–H groups in total. The second-order valence-corrected chi connectivity index (χ2v) is 5.54. The molecule has 6 nitrogen and oxygen atoms in total. The molecule has 0 aliphatic carbocycles. The third-order valence-electron chi connectivity index (χ3n) is 3.77. The minimum absolute atomic E-state index is 0.166. The van der Waals surface area contributed by atoms with Crippen LogP contribution in [0.3, 0.4) is 0 Å². The number of amides is 1. The molecule has 0 fully saturated rings. The van der Waals surface area contributed by atoms with Gasteiger partial charge in [0, 0.05) is 36.0 Å². The van der Waals surface area contributed by atoms with Crippen molar-refractivity contribution in [2.75, 3.05) is 5.32 Å². The van der Waals surface area contributed by atoms with Gasteiger partial charge in [0.1, 0.15) is 5.82 Å². The van der Waals surface area contributed by atoms with Crippen LogP contribution in [-0.2, 0) is 4.79 Å². The Morgan fingerprint density at radius 1 is 1.24 bits per heavy atom. The Hall–Kier alpha value is -2.73. The van der Waals surface area contributed by atoms with Crippen molar-refractivity contribution in [2.24, 2.45) is 0 Å². The maximum absolute atomic E-state index is 11.2. The first-order valence-corrected chi connectivity index (χ1v) is 8.36. The summed E-state index contributed by atoms with van der Waals surface area (Å²) >= 11 is 0. The Morgan fingerprint density at radius 3 is 2.56 bits per heavy atom. The molecule has 1 atom stereocenters. The molecule has 0 saturated heterocycles. The number of aromatic nitrogens is 3. The number of aromatic amines is 1. The van der Waals surface area contributed by atoms with Gasteiger partial charge < -0.3 is 15.4 Å². The number of carbonyl (C=O) groups is 1. The maximum atomic E-state index is 11.2. The number of hydrogen-bond acceptors (Lipinski definition) is 4. The van der Waals surface area contributed by atoms with E-state index in [0.717, 1.165) is 33.4 Å². The van der Waals surface area contributed by atoms with Crippen molar-refractivity contribution in [3.05, 3.63) is 41.7 Å². The molecule has 6 heteroatoms. The molecular formula is C19H24N4O2. The number of aliphatic hydroxyl groups excluding tert-OH is 1. The number of nitrogens with one attached hydrogen (secondary N) is 2. The number of aliphatic hydroxyl groups is 1. The molecule has 0 spiro atoms. The van der Waals surface area contributed by atoms with Gasteiger partial charge in [-0.25, -0.2) is 4.98 Å². The molecule has 132 valence electrons. The monoisotopic (exact) mass is 340 g/mol. The second-order valence-electron chi connectivity index (χ2n) is 5.54. The van der Waals surface area contributed by atoms with Gasteiger partial charge in [-0.05, 0) is 32.0 Å². The van der Waals surface area contributed by atoms with Crippen LogP contribution in [0.15, 0.2) is 30.6 Å². The largest absolute Gasteiger partial charge is 0.389 e. The molecule has 0 aromatic carbocycles. The zero-order chi connectivity index (χ0) is 18.6. The molecule has 0 aliphatic rings. The topological polar surface area (TPSA) is 90.9 Å². The fourth-order valence-electron chi connectivity index (χ4n) is 2.70. The number of H-pyrrole nitrogens is 1. The van der Waals surface area contributed by atoms with Gasteiger partial charge in [-0.3, -0.25) is 9.78 Å². The lowest BCUT2D eigenvalue weighted by Crippen LogP contribution is -2.07. The highest BCUT2D eigenvalue weighted by Gasteiger charge is 2.15. The quantitative estimate of drug-likeness (QED) is 0.673. The minimum atomic E-state index is -0.584. The zero-order valence-electron chi connectivity index (χ0n) is 15.2. The summed E-state index contributed by atoms with van der Waals surface area (Å²) in [5, 5.41) is 12.6. The van der Waals surface area contributed by atoms with Crippen molar-refractivity contribution in [1.82, 2.24) is 15.0 Å². The number of rotatable bonds is 3. The Kier molecular flexibility index (Phi) is 5.88. The first kappa shape index (κ1) is 18.6. The molecular weight excluding hydrogens is 316 g/mol. The average molecular weight is 340 g/mol. The average Bonchev–Trinajstić information content (AvgIpc) is 2.93. The second kappa shape index (κ2) is 7.90. The Labute approximate surface area is 147 Å². The highest BCUT2D eigenvalue weighted by Crippen LogP contribution is 2.32. The van der Waals surface area contributed by atoms with Crippen LogP contribution in [0.1, 0.15) is 44.9 Å². The fourth-order valence-corrected chi connectivity index (χ4v) is 2.70. The number of nitrogens with zero attached hydrogens (tertiary/aromatic N) is 2. The van der Waals surface area contributed by atoms with Crippen LogP contribution in [0.4, 0.5) is 5.82 Å². The van der Waals surface area contributed by atoms with E-state index in [1.54, 1.807) is 25.4 Å². The van der Waals surface area contributed by atoms with E-state index in [4.69, 9.17) is 0 Å². The fraction of sp³-hybridized carbons (Fsp3) is 0.316. The van der Waals surface area contributed by atoms with E-state index in [2.05, 4.69) is 20.3 Å². The predicted octanol–water partition coefficient (Wildman–Crippen LogP) is 3.97. The van der Waals surface area contributed by atoms with E-state index in [1.807, 2.05) is 32.9 Å². The summed E-state index contributed by atoms with van der Waals surface area (Å²) in [7, 11) is 0. The summed E-state index contributed by atoms with van der Waals surface area (Å²) in [4.78, 5) is 23.1. The Morgan fingerprint density at radius 2 is 1.92 bits per heavy atom. The summed E-state index contributed by atoms with van der Waals surface area (Å²) in [6.45, 7) is 9.15. The van der Waals surface area contributed by atoms with Crippen molar-refractivity contribution in [3.8, 4) is 11.3 Å². The van der Waals surface area contributed by atoms with Crippen LogP contribution < -0.4 is 5.32 Å². The molecule has 0 bridgehead atoms. The molecule has 3 heterocycles. The third-order valence-corrected chi connectivity index (χ3v) is 3.77. The normalized spacial score (nSPS) is 11.6. The molecule has 25 heavy (non-hydrogen) atoms. The lowest BCUT2D eigenvalue weighted by atomic mass is 10.1. The lowest BCUT2D eigenvalue weighted by molar-refractivity contribution is -0.114. The van der Waals surface area contributed by atoms with Crippen LogP contribution in [0, 0.1) is 6.92 Å². The van der Waals surface area contributed by atoms with Gasteiger partial charge in [-0.1, -0.05) is 13.8 Å². The maximum Gasteiger partial charge on any atom is 0.222 e. The van der Waals surface area contributed by atoms with Crippen molar-refractivity contribution in [3.63, 3.8) is 0 Å². The van der Waals surface area contributed by atoms with Crippen LogP contribution >= 0.6 is 0 Å². The summed E-state index contributed by atoms with van der Waals surface area (Å²) < 4.78 is 0. The van der Waals surface area contributed by atoms with E-state index < -0.39 is 6.10 Å². The van der Waals surface area contributed by atoms with E-state index in [0.29, 0.717) is 5.82 Å². The van der Waals surface area contributed by atoms with Gasteiger partial charge >= 0.3 is 0 Å². The van der Waals surface area contributed by atoms with Gasteiger partial charge in [0.15, 0.2) is 0 Å². The molecule has 3 aromatic heterocycles. The first-order valence-electron chi connectivity index (χ1n) is 8.36. The number of hydrogen-bond donors (Lipinski definition) is 3. The van der Waals surface area contributed by atoms with Gasteiger partial charge in [-0.15, -0.1) is 0 Å². The smallest absolute Gasteiger partial charge is 0.222 e. The number of carbonyl (C=O) groups excluding carboxylic acids is 1. The zero-order valence-corrected chi connectivity index (χ0v) is 15.2. The van der Waals surface area contributed by atoms with Gasteiger partial charge in [0.2, 0.25) is 5.91 Å². The molecule has 1 unspecified atom stereocenters. The molecule has 0 aliphatic heterocycles. The SMILES string of the molecule is CC.CC(=O)Nc1cc(-c2[nH]c3c(C(C)O)ccnc3c2C)ccn1. The van der Waals surface area contributed by atoms with Crippen molar-refractivity contribution in [1.29, 1.82) is 0 Å². The first-order chi connectivity index (χ1) is 12.0. The van der Waals surface area contributed by atoms with E-state index >= 15 is 0 Å². The van der Waals surface area contributed by atoms with E-state index in [1.165, 1.54) is 6.92 Å². The highest BCUT2D eigenvalue weighted by atomic mass is 16.3. The highest BCUT2D eigenvalue weighted by molar-refractivity contribution is 5.91. The van der Waals surface area contributed by atoms with E-state index in [9.17, 15) is 9.90 Å². The predicted molar refractivity (Wildman–Crippen MR) is 100 cm³/mol.